The van der Waals surface area contributed by atoms with Crippen LogP contribution in [-0.4, -0.2) is 37.6 Å². The lowest BCUT2D eigenvalue weighted by Crippen LogP contribution is -2.39. The minimum Gasteiger partial charge on any atom is -0.390 e. The van der Waals surface area contributed by atoms with Crippen LogP contribution in [0.3, 0.4) is 0 Å². The number of aliphatic hydroxyl groups is 1. The van der Waals surface area contributed by atoms with Crippen molar-refractivity contribution in [3.05, 3.63) is 23.5 Å². The minimum atomic E-state index is -4.17. The van der Waals surface area contributed by atoms with Crippen LogP contribution in [0.5, 0.6) is 0 Å². The van der Waals surface area contributed by atoms with E-state index in [-0.39, 0.29) is 5.15 Å². The summed E-state index contributed by atoms with van der Waals surface area (Å²) >= 11 is 5.53. The molecule has 17 heavy (non-hydrogen) atoms. The van der Waals surface area contributed by atoms with Gasteiger partial charge in [-0.3, -0.25) is 0 Å². The van der Waals surface area contributed by atoms with Gasteiger partial charge in [-0.15, -0.1) is 0 Å². The number of hydrogen-bond acceptors (Lipinski definition) is 4. The fourth-order valence-electron chi connectivity index (χ4n) is 0.906. The van der Waals surface area contributed by atoms with Crippen molar-refractivity contribution in [3.8, 4) is 0 Å². The van der Waals surface area contributed by atoms with E-state index in [0.717, 1.165) is 6.07 Å². The smallest absolute Gasteiger partial charge is 0.283 e. The number of hydrogen-bond donors (Lipinski definition) is 2. The molecule has 5 nitrogen and oxygen atoms in total. The standard InChI is InChI=1S/C8H9ClF2N2O3S/c9-7-6(2-1-3-12-7)17(15,16)13-4-8(10,11)5-14/h1-3,13-14H,4-5H2. The maximum Gasteiger partial charge on any atom is 0.283 e. The van der Waals surface area contributed by atoms with Crippen LogP contribution in [-0.2, 0) is 10.0 Å². The minimum absolute atomic E-state index is 0.313. The summed E-state index contributed by atoms with van der Waals surface area (Å²) in [6.07, 6.45) is 1.27. The number of halogens is 3. The quantitative estimate of drug-likeness (QED) is 0.779. The SMILES string of the molecule is O=S(=O)(NCC(F)(F)CO)c1cccnc1Cl. The molecule has 0 spiro atoms. The van der Waals surface area contributed by atoms with Crippen molar-refractivity contribution in [2.45, 2.75) is 10.8 Å². The fraction of sp³-hybridized carbons (Fsp3) is 0.375. The molecule has 0 radical (unpaired) electrons. The van der Waals surface area contributed by atoms with Gasteiger partial charge in [0.05, 0.1) is 6.54 Å². The second-order valence-corrected chi connectivity index (χ2v) is 5.22. The Morgan fingerprint density at radius 1 is 1.53 bits per heavy atom. The highest BCUT2D eigenvalue weighted by molar-refractivity contribution is 7.89. The summed E-state index contributed by atoms with van der Waals surface area (Å²) in [6.45, 7) is -2.66. The second-order valence-electron chi connectivity index (χ2n) is 3.13. The van der Waals surface area contributed by atoms with Gasteiger partial charge in [0.1, 0.15) is 16.7 Å². The summed E-state index contributed by atoms with van der Waals surface area (Å²) in [4.78, 5) is 3.13. The first-order valence-electron chi connectivity index (χ1n) is 4.37. The van der Waals surface area contributed by atoms with Crippen molar-refractivity contribution in [1.82, 2.24) is 9.71 Å². The largest absolute Gasteiger partial charge is 0.390 e. The molecule has 1 heterocycles. The van der Waals surface area contributed by atoms with Gasteiger partial charge in [0.15, 0.2) is 0 Å². The van der Waals surface area contributed by atoms with E-state index in [0.29, 0.717) is 0 Å². The first kappa shape index (κ1) is 14.2. The highest BCUT2D eigenvalue weighted by atomic mass is 35.5. The zero-order chi connectivity index (χ0) is 13.1. The van der Waals surface area contributed by atoms with Crippen LogP contribution in [0, 0.1) is 0 Å². The number of nitrogens with zero attached hydrogens (tertiary/aromatic N) is 1. The topological polar surface area (TPSA) is 79.3 Å². The molecule has 0 amide bonds. The molecular weight excluding hydrogens is 278 g/mol. The molecule has 0 aromatic carbocycles. The summed E-state index contributed by atoms with van der Waals surface area (Å²) in [6, 6.07) is 2.44. The van der Waals surface area contributed by atoms with Crippen molar-refractivity contribution in [3.63, 3.8) is 0 Å². The van der Waals surface area contributed by atoms with Crippen molar-refractivity contribution in [2.24, 2.45) is 0 Å². The van der Waals surface area contributed by atoms with Gasteiger partial charge < -0.3 is 5.11 Å². The third kappa shape index (κ3) is 3.84. The van der Waals surface area contributed by atoms with E-state index in [1.807, 2.05) is 0 Å². The highest BCUT2D eigenvalue weighted by Gasteiger charge is 2.30. The summed E-state index contributed by atoms with van der Waals surface area (Å²) in [5.74, 6) is -3.53. The molecule has 1 rings (SSSR count). The average Bonchev–Trinajstić information content (AvgIpc) is 2.27. The molecule has 0 aliphatic heterocycles. The Balaban J connectivity index is 2.88. The Bertz CT molecular complexity index is 495. The highest BCUT2D eigenvalue weighted by Crippen LogP contribution is 2.18. The molecule has 0 bridgehead atoms. The summed E-state index contributed by atoms with van der Waals surface area (Å²) < 4.78 is 50.1. The van der Waals surface area contributed by atoms with Gasteiger partial charge in [-0.2, -0.15) is 0 Å². The number of aliphatic hydroxyl groups excluding tert-OH is 1. The predicted molar refractivity (Wildman–Crippen MR) is 56.5 cm³/mol. The van der Waals surface area contributed by atoms with Crippen molar-refractivity contribution in [1.29, 1.82) is 0 Å². The summed E-state index contributed by atoms with van der Waals surface area (Å²) in [5, 5.41) is 7.98. The van der Waals surface area contributed by atoms with Crippen molar-refractivity contribution in [2.75, 3.05) is 13.2 Å². The van der Waals surface area contributed by atoms with E-state index in [2.05, 4.69) is 4.98 Å². The molecule has 96 valence electrons. The average molecular weight is 287 g/mol. The van der Waals surface area contributed by atoms with E-state index >= 15 is 0 Å². The third-order valence-electron chi connectivity index (χ3n) is 1.77. The van der Waals surface area contributed by atoms with Gasteiger partial charge >= 0.3 is 0 Å². The molecule has 0 atom stereocenters. The third-order valence-corrected chi connectivity index (χ3v) is 3.61. The van der Waals surface area contributed by atoms with Gasteiger partial charge in [-0.25, -0.2) is 26.9 Å². The van der Waals surface area contributed by atoms with Crippen LogP contribution in [0.2, 0.25) is 5.15 Å². The van der Waals surface area contributed by atoms with E-state index in [4.69, 9.17) is 16.7 Å². The Morgan fingerprint density at radius 3 is 2.71 bits per heavy atom. The fourth-order valence-corrected chi connectivity index (χ4v) is 2.42. The second kappa shape index (κ2) is 5.21. The van der Waals surface area contributed by atoms with Crippen LogP contribution in [0.25, 0.3) is 0 Å². The molecule has 0 saturated carbocycles. The molecule has 0 unspecified atom stereocenters. The normalized spacial score (nSPS) is 12.7. The zero-order valence-corrected chi connectivity index (χ0v) is 9.97. The molecule has 0 fully saturated rings. The van der Waals surface area contributed by atoms with Crippen LogP contribution < -0.4 is 4.72 Å². The van der Waals surface area contributed by atoms with Crippen molar-refractivity contribution < 1.29 is 22.3 Å². The van der Waals surface area contributed by atoms with Gasteiger partial charge in [0.25, 0.3) is 5.92 Å². The number of alkyl halides is 2. The van der Waals surface area contributed by atoms with Crippen LogP contribution in [0.4, 0.5) is 8.78 Å². The van der Waals surface area contributed by atoms with Crippen LogP contribution in [0.15, 0.2) is 23.2 Å². The number of sulfonamides is 1. The first-order chi connectivity index (χ1) is 7.78. The van der Waals surface area contributed by atoms with Gasteiger partial charge in [-0.05, 0) is 12.1 Å². The van der Waals surface area contributed by atoms with E-state index < -0.39 is 34.0 Å². The van der Waals surface area contributed by atoms with Gasteiger partial charge in [-0.1, -0.05) is 11.6 Å². The monoisotopic (exact) mass is 286 g/mol. The number of pyridine rings is 1. The number of nitrogens with one attached hydrogen (secondary N) is 1. The molecule has 0 aliphatic carbocycles. The molecule has 1 aromatic heterocycles. The van der Waals surface area contributed by atoms with Crippen molar-refractivity contribution >= 4 is 21.6 Å². The predicted octanol–water partition coefficient (Wildman–Crippen LogP) is 0.641. The first-order valence-corrected chi connectivity index (χ1v) is 6.23. The lowest BCUT2D eigenvalue weighted by molar-refractivity contribution is -0.0437. The molecule has 0 saturated heterocycles. The Kier molecular flexibility index (Phi) is 4.36. The molecule has 0 aliphatic rings. The van der Waals surface area contributed by atoms with Gasteiger partial charge in [0, 0.05) is 6.20 Å². The number of aromatic nitrogens is 1. The van der Waals surface area contributed by atoms with Crippen LogP contribution >= 0.6 is 11.6 Å². The molecular formula is C8H9ClF2N2O3S. The molecule has 2 N–H and O–H groups in total. The summed E-state index contributed by atoms with van der Waals surface area (Å²) in [5.41, 5.74) is 0. The lowest BCUT2D eigenvalue weighted by atomic mass is 10.4. The maximum atomic E-state index is 12.7. The van der Waals surface area contributed by atoms with E-state index in [9.17, 15) is 17.2 Å². The van der Waals surface area contributed by atoms with Crippen LogP contribution in [0.1, 0.15) is 0 Å². The number of rotatable bonds is 5. The zero-order valence-electron chi connectivity index (χ0n) is 8.40. The Hall–Kier alpha value is -0.830. The van der Waals surface area contributed by atoms with Gasteiger partial charge in [0.2, 0.25) is 10.0 Å². The molecule has 9 heteroatoms. The Labute approximate surface area is 101 Å². The Morgan fingerprint density at radius 2 is 2.18 bits per heavy atom. The maximum absolute atomic E-state index is 12.7. The van der Waals surface area contributed by atoms with E-state index in [1.165, 1.54) is 12.3 Å². The lowest BCUT2D eigenvalue weighted by Gasteiger charge is -2.14. The van der Waals surface area contributed by atoms with E-state index in [1.54, 1.807) is 4.72 Å². The summed E-state index contributed by atoms with van der Waals surface area (Å²) in [7, 11) is -4.17. The molecule has 1 aromatic rings.